The zero-order valence-electron chi connectivity index (χ0n) is 19.6. The Bertz CT molecular complexity index is 1560. The van der Waals surface area contributed by atoms with Crippen molar-refractivity contribution in [3.05, 3.63) is 112 Å². The number of rotatable bonds is 8. The van der Waals surface area contributed by atoms with Crippen molar-refractivity contribution in [2.75, 3.05) is 11.3 Å². The third-order valence-electron chi connectivity index (χ3n) is 5.78. The lowest BCUT2D eigenvalue weighted by Gasteiger charge is -2.15. The van der Waals surface area contributed by atoms with E-state index in [4.69, 9.17) is 9.47 Å². The second-order valence-electron chi connectivity index (χ2n) is 8.41. The first kappa shape index (κ1) is 24.9. The molecule has 0 aliphatic carbocycles. The van der Waals surface area contributed by atoms with Gasteiger partial charge in [-0.3, -0.25) is 9.52 Å². The van der Waals surface area contributed by atoms with E-state index in [1.54, 1.807) is 30.3 Å². The molecule has 0 fully saturated rings. The third-order valence-corrected chi connectivity index (χ3v) is 7.64. The van der Waals surface area contributed by atoms with E-state index in [9.17, 15) is 13.2 Å². The lowest BCUT2D eigenvalue weighted by Crippen LogP contribution is -2.25. The Hall–Kier alpha value is -3.82. The number of halogens is 1. The molecule has 0 saturated carbocycles. The predicted molar refractivity (Wildman–Crippen MR) is 145 cm³/mol. The second-order valence-corrected chi connectivity index (χ2v) is 11.0. The van der Waals surface area contributed by atoms with Crippen LogP contribution in [-0.2, 0) is 23.0 Å². The fourth-order valence-electron chi connectivity index (χ4n) is 3.94. The maximum atomic E-state index is 13.2. The number of anilines is 1. The molecule has 37 heavy (non-hydrogen) atoms. The van der Waals surface area contributed by atoms with Crippen molar-refractivity contribution >= 4 is 37.5 Å². The number of carbonyl (C=O) groups is 1. The summed E-state index contributed by atoms with van der Waals surface area (Å²) in [6, 6.07) is 26.2. The molecule has 5 rings (SSSR count). The van der Waals surface area contributed by atoms with Gasteiger partial charge in [0.1, 0.15) is 17.2 Å². The average molecular weight is 579 g/mol. The summed E-state index contributed by atoms with van der Waals surface area (Å²) in [4.78, 5) is 13.3. The maximum absolute atomic E-state index is 13.2. The van der Waals surface area contributed by atoms with Crippen molar-refractivity contribution in [2.24, 2.45) is 0 Å². The zero-order chi connectivity index (χ0) is 25.8. The van der Waals surface area contributed by atoms with E-state index in [1.807, 2.05) is 42.5 Å². The third kappa shape index (κ3) is 5.95. The summed E-state index contributed by atoms with van der Waals surface area (Å²) in [6.07, 6.45) is 0.646. The van der Waals surface area contributed by atoms with Gasteiger partial charge in [-0.2, -0.15) is 0 Å². The van der Waals surface area contributed by atoms with Crippen molar-refractivity contribution in [1.29, 1.82) is 0 Å². The lowest BCUT2D eigenvalue weighted by molar-refractivity contribution is 0.0951. The van der Waals surface area contributed by atoms with Gasteiger partial charge in [0.2, 0.25) is 0 Å². The van der Waals surface area contributed by atoms with E-state index < -0.39 is 15.9 Å². The van der Waals surface area contributed by atoms with Crippen LogP contribution < -0.4 is 19.5 Å². The van der Waals surface area contributed by atoms with Gasteiger partial charge in [-0.05, 0) is 65.7 Å². The minimum atomic E-state index is -3.97. The van der Waals surface area contributed by atoms with Crippen LogP contribution in [0.3, 0.4) is 0 Å². The smallest absolute Gasteiger partial charge is 0.261 e. The summed E-state index contributed by atoms with van der Waals surface area (Å²) in [5, 5.41) is 2.86. The van der Waals surface area contributed by atoms with Gasteiger partial charge in [-0.1, -0.05) is 52.3 Å². The molecule has 1 heterocycles. The Labute approximate surface area is 223 Å². The molecule has 1 aliphatic rings. The highest BCUT2D eigenvalue weighted by Crippen LogP contribution is 2.31. The molecule has 188 valence electrons. The molecule has 0 bridgehead atoms. The Kier molecular flexibility index (Phi) is 7.16. The first-order valence-electron chi connectivity index (χ1n) is 11.6. The van der Waals surface area contributed by atoms with Gasteiger partial charge >= 0.3 is 0 Å². The van der Waals surface area contributed by atoms with Crippen LogP contribution in [0.25, 0.3) is 0 Å². The minimum absolute atomic E-state index is 0.0989. The van der Waals surface area contributed by atoms with Crippen LogP contribution in [-0.4, -0.2) is 20.9 Å². The second kappa shape index (κ2) is 10.7. The molecule has 0 unspecified atom stereocenters. The molecule has 4 aromatic carbocycles. The molecule has 4 aromatic rings. The Morgan fingerprint density at radius 1 is 0.919 bits per heavy atom. The summed E-state index contributed by atoms with van der Waals surface area (Å²) in [6.45, 7) is 0.810. The fourth-order valence-corrected chi connectivity index (χ4v) is 5.45. The first-order valence-corrected chi connectivity index (χ1v) is 13.8. The van der Waals surface area contributed by atoms with Gasteiger partial charge in [-0.25, -0.2) is 8.42 Å². The number of sulfonamides is 1. The normalized spacial score (nSPS) is 12.4. The van der Waals surface area contributed by atoms with Crippen molar-refractivity contribution in [2.45, 2.75) is 17.9 Å². The Balaban J connectivity index is 1.44. The molecule has 0 aromatic heterocycles. The largest absolute Gasteiger partial charge is 0.493 e. The van der Waals surface area contributed by atoms with Crippen LogP contribution in [0.5, 0.6) is 17.2 Å². The van der Waals surface area contributed by atoms with E-state index in [1.165, 1.54) is 18.2 Å². The number of nitrogens with one attached hydrogen (secondary N) is 2. The molecule has 9 heteroatoms. The number of benzene rings is 4. The van der Waals surface area contributed by atoms with Gasteiger partial charge < -0.3 is 14.8 Å². The van der Waals surface area contributed by atoms with E-state index in [2.05, 4.69) is 26.0 Å². The summed E-state index contributed by atoms with van der Waals surface area (Å²) in [5.74, 6) is 1.21. The molecule has 2 N–H and O–H groups in total. The molecular weight excluding hydrogens is 556 g/mol. The van der Waals surface area contributed by atoms with E-state index in [-0.39, 0.29) is 22.7 Å². The standard InChI is InChI=1S/C28H23BrN2O5S/c29-21-7-4-8-22(16-21)36-23-9-11-26(25(17-23)28(32)30-18-19-5-2-1-3-6-19)31-37(33,34)24-10-12-27-20(15-24)13-14-35-27/h1-12,15-17,31H,13-14,18H2,(H,30,32). The van der Waals surface area contributed by atoms with Crippen LogP contribution in [0.1, 0.15) is 21.5 Å². The summed E-state index contributed by atoms with van der Waals surface area (Å²) in [7, 11) is -3.97. The molecule has 0 atom stereocenters. The monoisotopic (exact) mass is 578 g/mol. The van der Waals surface area contributed by atoms with Crippen LogP contribution in [0.4, 0.5) is 5.69 Å². The van der Waals surface area contributed by atoms with Gasteiger partial charge in [0, 0.05) is 17.4 Å². The maximum Gasteiger partial charge on any atom is 0.261 e. The van der Waals surface area contributed by atoms with Crippen molar-refractivity contribution in [3.8, 4) is 17.2 Å². The Morgan fingerprint density at radius 2 is 1.73 bits per heavy atom. The highest BCUT2D eigenvalue weighted by atomic mass is 79.9. The van der Waals surface area contributed by atoms with Gasteiger partial charge in [0.15, 0.2) is 0 Å². The quantitative estimate of drug-likeness (QED) is 0.271. The molecule has 0 spiro atoms. The van der Waals surface area contributed by atoms with Gasteiger partial charge in [-0.15, -0.1) is 0 Å². The lowest BCUT2D eigenvalue weighted by atomic mass is 10.1. The van der Waals surface area contributed by atoms with E-state index in [0.29, 0.717) is 30.3 Å². The van der Waals surface area contributed by atoms with Crippen LogP contribution in [0, 0.1) is 0 Å². The molecule has 0 radical (unpaired) electrons. The molecule has 7 nitrogen and oxygen atoms in total. The number of hydrogen-bond donors (Lipinski definition) is 2. The molecule has 1 amide bonds. The minimum Gasteiger partial charge on any atom is -0.493 e. The van der Waals surface area contributed by atoms with E-state index in [0.717, 1.165) is 15.6 Å². The number of fused-ring (bicyclic) bond motifs is 1. The number of ether oxygens (including phenoxy) is 2. The predicted octanol–water partition coefficient (Wildman–Crippen LogP) is 5.91. The number of hydrogen-bond acceptors (Lipinski definition) is 5. The van der Waals surface area contributed by atoms with Crippen LogP contribution in [0.2, 0.25) is 0 Å². The summed E-state index contributed by atoms with van der Waals surface area (Å²) in [5.41, 5.74) is 2.03. The fraction of sp³-hybridized carbons (Fsp3) is 0.107. The van der Waals surface area contributed by atoms with Crippen molar-refractivity contribution in [1.82, 2.24) is 5.32 Å². The Morgan fingerprint density at radius 3 is 2.54 bits per heavy atom. The number of carbonyl (C=O) groups excluding carboxylic acids is 1. The van der Waals surface area contributed by atoms with Gasteiger partial charge in [0.05, 0.1) is 22.8 Å². The highest BCUT2D eigenvalue weighted by molar-refractivity contribution is 9.10. The number of amides is 1. The van der Waals surface area contributed by atoms with Crippen LogP contribution >= 0.6 is 15.9 Å². The molecule has 1 aliphatic heterocycles. The van der Waals surface area contributed by atoms with Crippen molar-refractivity contribution < 1.29 is 22.7 Å². The highest BCUT2D eigenvalue weighted by Gasteiger charge is 2.22. The van der Waals surface area contributed by atoms with Crippen LogP contribution in [0.15, 0.2) is 100 Å². The molecular formula is C28H23BrN2O5S. The molecule has 0 saturated heterocycles. The van der Waals surface area contributed by atoms with Crippen molar-refractivity contribution in [3.63, 3.8) is 0 Å². The average Bonchev–Trinajstić information content (AvgIpc) is 3.37. The van der Waals surface area contributed by atoms with Gasteiger partial charge in [0.25, 0.3) is 15.9 Å². The summed E-state index contributed by atoms with van der Waals surface area (Å²) < 4.78 is 41.3. The summed E-state index contributed by atoms with van der Waals surface area (Å²) >= 11 is 3.41. The van der Waals surface area contributed by atoms with E-state index >= 15 is 0 Å². The first-order chi connectivity index (χ1) is 17.9. The SMILES string of the molecule is O=C(NCc1ccccc1)c1cc(Oc2cccc(Br)c2)ccc1NS(=O)(=O)c1ccc2c(c1)CCO2. The zero-order valence-corrected chi connectivity index (χ0v) is 22.0. The topological polar surface area (TPSA) is 93.7 Å².